The van der Waals surface area contributed by atoms with E-state index in [1.54, 1.807) is 37.6 Å². The van der Waals surface area contributed by atoms with Gasteiger partial charge in [0.25, 0.3) is 5.78 Å². The van der Waals surface area contributed by atoms with Crippen molar-refractivity contribution in [3.63, 3.8) is 0 Å². The first-order valence-electron chi connectivity index (χ1n) is 4.56. The molecule has 0 unspecified atom stereocenters. The fourth-order valence-electron chi connectivity index (χ4n) is 1.27. The summed E-state index contributed by atoms with van der Waals surface area (Å²) in [5, 5.41) is 7.62. The van der Waals surface area contributed by atoms with Gasteiger partial charge in [0.2, 0.25) is 5.82 Å². The molecule has 5 heteroatoms. The van der Waals surface area contributed by atoms with Gasteiger partial charge in [-0.15, -0.1) is 10.2 Å². The van der Waals surface area contributed by atoms with Gasteiger partial charge in [0, 0.05) is 7.05 Å². The second kappa shape index (κ2) is 3.34. The maximum atomic E-state index is 11.9. The standard InChI is InChI=1S/C10H11N3O2/c1-6-4-5-8(15-6)9(14)10-12-11-7(2)13(10)3/h4-5H,1-3H3. The Kier molecular flexibility index (Phi) is 2.15. The Morgan fingerprint density at radius 3 is 2.53 bits per heavy atom. The summed E-state index contributed by atoms with van der Waals surface area (Å²) >= 11 is 0. The predicted molar refractivity (Wildman–Crippen MR) is 52.6 cm³/mol. The molecular formula is C10H11N3O2. The van der Waals surface area contributed by atoms with E-state index in [0.29, 0.717) is 23.2 Å². The Labute approximate surface area is 86.7 Å². The van der Waals surface area contributed by atoms with E-state index in [1.807, 2.05) is 0 Å². The molecule has 0 atom stereocenters. The molecule has 0 aliphatic carbocycles. The molecule has 15 heavy (non-hydrogen) atoms. The average molecular weight is 205 g/mol. The highest BCUT2D eigenvalue weighted by molar-refractivity contribution is 6.04. The van der Waals surface area contributed by atoms with Crippen molar-refractivity contribution in [1.82, 2.24) is 14.8 Å². The molecule has 2 heterocycles. The summed E-state index contributed by atoms with van der Waals surface area (Å²) in [6, 6.07) is 3.39. The van der Waals surface area contributed by atoms with Gasteiger partial charge in [0.05, 0.1) is 0 Å². The van der Waals surface area contributed by atoms with Crippen LogP contribution in [0.3, 0.4) is 0 Å². The minimum atomic E-state index is -0.244. The van der Waals surface area contributed by atoms with Crippen LogP contribution in [0.4, 0.5) is 0 Å². The largest absolute Gasteiger partial charge is 0.458 e. The molecule has 0 spiro atoms. The number of furan rings is 1. The van der Waals surface area contributed by atoms with Crippen molar-refractivity contribution >= 4 is 5.78 Å². The van der Waals surface area contributed by atoms with Crippen molar-refractivity contribution in [2.75, 3.05) is 0 Å². The zero-order chi connectivity index (χ0) is 11.0. The predicted octanol–water partition coefficient (Wildman–Crippen LogP) is 1.26. The summed E-state index contributed by atoms with van der Waals surface area (Å²) in [7, 11) is 1.75. The number of hydrogen-bond donors (Lipinski definition) is 0. The number of hydrogen-bond acceptors (Lipinski definition) is 4. The first-order chi connectivity index (χ1) is 7.09. The van der Waals surface area contributed by atoms with E-state index in [9.17, 15) is 4.79 Å². The summed E-state index contributed by atoms with van der Waals surface area (Å²) in [4.78, 5) is 11.9. The minimum Gasteiger partial charge on any atom is -0.458 e. The van der Waals surface area contributed by atoms with Crippen molar-refractivity contribution in [2.24, 2.45) is 7.05 Å². The molecule has 0 aliphatic heterocycles. The van der Waals surface area contributed by atoms with E-state index < -0.39 is 0 Å². The Morgan fingerprint density at radius 1 is 1.33 bits per heavy atom. The molecule has 2 rings (SSSR count). The monoisotopic (exact) mass is 205 g/mol. The molecule has 2 aromatic rings. The van der Waals surface area contributed by atoms with Gasteiger partial charge in [-0.2, -0.15) is 0 Å². The van der Waals surface area contributed by atoms with Crippen LogP contribution in [0.2, 0.25) is 0 Å². The van der Waals surface area contributed by atoms with Crippen molar-refractivity contribution in [1.29, 1.82) is 0 Å². The highest BCUT2D eigenvalue weighted by Crippen LogP contribution is 2.11. The number of carbonyl (C=O) groups excluding carboxylic acids is 1. The third-order valence-electron chi connectivity index (χ3n) is 2.26. The Hall–Kier alpha value is -1.91. The lowest BCUT2D eigenvalue weighted by Gasteiger charge is -1.97. The van der Waals surface area contributed by atoms with Crippen molar-refractivity contribution in [2.45, 2.75) is 13.8 Å². The Balaban J connectivity index is 2.41. The van der Waals surface area contributed by atoms with Gasteiger partial charge < -0.3 is 8.98 Å². The Bertz CT molecular complexity index is 510. The molecule has 0 N–H and O–H groups in total. The molecule has 5 nitrogen and oxygen atoms in total. The lowest BCUT2D eigenvalue weighted by Crippen LogP contribution is -2.08. The molecule has 78 valence electrons. The molecule has 0 aliphatic rings. The first kappa shape index (κ1) is 9.64. The Morgan fingerprint density at radius 2 is 2.07 bits per heavy atom. The number of rotatable bonds is 2. The number of carbonyl (C=O) groups is 1. The third kappa shape index (κ3) is 1.56. The van der Waals surface area contributed by atoms with Crippen LogP contribution in [-0.2, 0) is 7.05 Å². The van der Waals surface area contributed by atoms with Crippen molar-refractivity contribution in [3.8, 4) is 0 Å². The van der Waals surface area contributed by atoms with Gasteiger partial charge in [0.1, 0.15) is 11.6 Å². The summed E-state index contributed by atoms with van der Waals surface area (Å²) in [6.45, 7) is 3.58. The molecule has 0 amide bonds. The fraction of sp³-hybridized carbons (Fsp3) is 0.300. The normalized spacial score (nSPS) is 10.6. The highest BCUT2D eigenvalue weighted by atomic mass is 16.3. The van der Waals surface area contributed by atoms with E-state index in [1.165, 1.54) is 0 Å². The van der Waals surface area contributed by atoms with Gasteiger partial charge in [-0.25, -0.2) is 0 Å². The summed E-state index contributed by atoms with van der Waals surface area (Å²) in [5.41, 5.74) is 0. The summed E-state index contributed by atoms with van der Waals surface area (Å²) in [5.74, 6) is 1.75. The van der Waals surface area contributed by atoms with Gasteiger partial charge in [0.15, 0.2) is 5.76 Å². The van der Waals surface area contributed by atoms with Crippen LogP contribution < -0.4 is 0 Å². The molecule has 0 aromatic carbocycles. The van der Waals surface area contributed by atoms with Crippen LogP contribution >= 0.6 is 0 Å². The molecule has 2 aromatic heterocycles. The van der Waals surface area contributed by atoms with Gasteiger partial charge >= 0.3 is 0 Å². The fourth-order valence-corrected chi connectivity index (χ4v) is 1.27. The van der Waals surface area contributed by atoms with Crippen LogP contribution in [0.1, 0.15) is 28.0 Å². The van der Waals surface area contributed by atoms with E-state index in [4.69, 9.17) is 4.42 Å². The lowest BCUT2D eigenvalue weighted by atomic mass is 10.3. The molecular weight excluding hydrogens is 194 g/mol. The number of aryl methyl sites for hydroxylation is 2. The van der Waals surface area contributed by atoms with E-state index in [0.717, 1.165) is 0 Å². The number of ketones is 1. The second-order valence-corrected chi connectivity index (χ2v) is 3.37. The van der Waals surface area contributed by atoms with Gasteiger partial charge in [-0.05, 0) is 26.0 Å². The zero-order valence-electron chi connectivity index (χ0n) is 8.81. The third-order valence-corrected chi connectivity index (χ3v) is 2.26. The lowest BCUT2D eigenvalue weighted by molar-refractivity contribution is 0.0994. The van der Waals surface area contributed by atoms with E-state index in [2.05, 4.69) is 10.2 Å². The molecule has 0 radical (unpaired) electrons. The van der Waals surface area contributed by atoms with Gasteiger partial charge in [-0.3, -0.25) is 4.79 Å². The molecule has 0 bridgehead atoms. The van der Waals surface area contributed by atoms with Crippen molar-refractivity contribution < 1.29 is 9.21 Å². The molecule has 0 saturated carbocycles. The molecule has 0 fully saturated rings. The number of nitrogens with zero attached hydrogens (tertiary/aromatic N) is 3. The van der Waals surface area contributed by atoms with Crippen LogP contribution in [-0.4, -0.2) is 20.5 Å². The van der Waals surface area contributed by atoms with Crippen LogP contribution in [0.15, 0.2) is 16.5 Å². The smallest absolute Gasteiger partial charge is 0.265 e. The molecule has 0 saturated heterocycles. The maximum absolute atomic E-state index is 11.9. The van der Waals surface area contributed by atoms with Crippen molar-refractivity contribution in [3.05, 3.63) is 35.3 Å². The van der Waals surface area contributed by atoms with E-state index >= 15 is 0 Å². The summed E-state index contributed by atoms with van der Waals surface area (Å²) in [6.07, 6.45) is 0. The second-order valence-electron chi connectivity index (χ2n) is 3.37. The zero-order valence-corrected chi connectivity index (χ0v) is 8.81. The van der Waals surface area contributed by atoms with Crippen LogP contribution in [0.5, 0.6) is 0 Å². The van der Waals surface area contributed by atoms with Gasteiger partial charge in [-0.1, -0.05) is 0 Å². The highest BCUT2D eigenvalue weighted by Gasteiger charge is 2.19. The maximum Gasteiger partial charge on any atom is 0.265 e. The SMILES string of the molecule is Cc1ccc(C(=O)c2nnc(C)n2C)o1. The van der Waals surface area contributed by atoms with E-state index in [-0.39, 0.29) is 5.78 Å². The number of aromatic nitrogens is 3. The topological polar surface area (TPSA) is 60.9 Å². The summed E-state index contributed by atoms with van der Waals surface area (Å²) < 4.78 is 6.87. The quantitative estimate of drug-likeness (QED) is 0.692. The van der Waals surface area contributed by atoms with Crippen LogP contribution in [0, 0.1) is 13.8 Å². The van der Waals surface area contributed by atoms with Crippen LogP contribution in [0.25, 0.3) is 0 Å². The first-order valence-corrected chi connectivity index (χ1v) is 4.56. The average Bonchev–Trinajstić information content (AvgIpc) is 2.75. The minimum absolute atomic E-state index is 0.244.